The second-order valence-corrected chi connectivity index (χ2v) is 4.49. The van der Waals surface area contributed by atoms with Gasteiger partial charge in [-0.25, -0.2) is 0 Å². The summed E-state index contributed by atoms with van der Waals surface area (Å²) in [6.07, 6.45) is 0. The van der Waals surface area contributed by atoms with Crippen LogP contribution in [-0.2, 0) is 11.4 Å². The van der Waals surface area contributed by atoms with Gasteiger partial charge in [0.05, 0.1) is 22.8 Å². The summed E-state index contributed by atoms with van der Waals surface area (Å²) < 4.78 is 0. The Bertz CT molecular complexity index is 742. The van der Waals surface area contributed by atoms with Crippen molar-refractivity contribution < 1.29 is 14.4 Å². The number of benzene rings is 2. The Kier molecular flexibility index (Phi) is 3.22. The van der Waals surface area contributed by atoms with Gasteiger partial charge in [0.15, 0.2) is 0 Å². The van der Waals surface area contributed by atoms with E-state index in [-0.39, 0.29) is 6.61 Å². The molecule has 0 unspecified atom stereocenters. The number of carbonyl (C=O) groups is 2. The molecule has 2 aromatic carbocycles. The van der Waals surface area contributed by atoms with Crippen LogP contribution in [-0.4, -0.2) is 16.9 Å². The van der Waals surface area contributed by atoms with Crippen molar-refractivity contribution in [3.05, 3.63) is 70.8 Å². The summed E-state index contributed by atoms with van der Waals surface area (Å²) >= 11 is 0. The van der Waals surface area contributed by atoms with E-state index in [4.69, 9.17) is 10.1 Å². The van der Waals surface area contributed by atoms with Gasteiger partial charge in [-0.3, -0.25) is 14.4 Å². The van der Waals surface area contributed by atoms with Gasteiger partial charge in [-0.15, -0.1) is 5.06 Å². The standard InChI is InChI=1S/C16H10N2O3/c17-9-11-5-1-2-6-12(11)10-21-18-15(19)13-7-3-4-8-14(13)16(18)20/h1-8H,10H2. The molecule has 0 radical (unpaired) electrons. The number of nitrogens with zero attached hydrogens (tertiary/aromatic N) is 2. The van der Waals surface area contributed by atoms with Crippen molar-refractivity contribution in [3.63, 3.8) is 0 Å². The topological polar surface area (TPSA) is 70.4 Å². The zero-order valence-electron chi connectivity index (χ0n) is 10.9. The number of hydrogen-bond acceptors (Lipinski definition) is 4. The third kappa shape index (κ3) is 2.18. The first-order valence-electron chi connectivity index (χ1n) is 6.31. The quantitative estimate of drug-likeness (QED) is 0.808. The first-order chi connectivity index (χ1) is 10.2. The number of nitriles is 1. The Morgan fingerprint density at radius 1 is 0.952 bits per heavy atom. The molecule has 1 aliphatic heterocycles. The summed E-state index contributed by atoms with van der Waals surface area (Å²) in [5.41, 5.74) is 1.73. The Hall–Kier alpha value is -2.97. The zero-order chi connectivity index (χ0) is 14.8. The van der Waals surface area contributed by atoms with Crippen LogP contribution in [0.25, 0.3) is 0 Å². The fraction of sp³-hybridized carbons (Fsp3) is 0.0625. The molecule has 2 amide bonds. The highest BCUT2D eigenvalue weighted by Crippen LogP contribution is 2.23. The number of imide groups is 1. The van der Waals surface area contributed by atoms with Crippen molar-refractivity contribution in [2.24, 2.45) is 0 Å². The maximum Gasteiger partial charge on any atom is 0.285 e. The highest BCUT2D eigenvalue weighted by atomic mass is 16.7. The Balaban J connectivity index is 1.80. The molecule has 1 aliphatic rings. The molecule has 0 fully saturated rings. The van der Waals surface area contributed by atoms with Gasteiger partial charge in [-0.2, -0.15) is 5.26 Å². The van der Waals surface area contributed by atoms with Crippen molar-refractivity contribution in [2.75, 3.05) is 0 Å². The second-order valence-electron chi connectivity index (χ2n) is 4.49. The lowest BCUT2D eigenvalue weighted by molar-refractivity contribution is -0.101. The van der Waals surface area contributed by atoms with Crippen LogP contribution >= 0.6 is 0 Å². The van der Waals surface area contributed by atoms with E-state index < -0.39 is 11.8 Å². The van der Waals surface area contributed by atoms with E-state index in [2.05, 4.69) is 0 Å². The van der Waals surface area contributed by atoms with Crippen molar-refractivity contribution >= 4 is 11.8 Å². The fourth-order valence-electron chi connectivity index (χ4n) is 2.17. The molecule has 5 heteroatoms. The van der Waals surface area contributed by atoms with Gasteiger partial charge in [-0.1, -0.05) is 30.3 Å². The Morgan fingerprint density at radius 3 is 2.14 bits per heavy atom. The van der Waals surface area contributed by atoms with Gasteiger partial charge < -0.3 is 0 Å². The summed E-state index contributed by atoms with van der Waals surface area (Å²) in [6.45, 7) is -0.0186. The van der Waals surface area contributed by atoms with E-state index in [0.717, 1.165) is 5.06 Å². The minimum atomic E-state index is -0.481. The summed E-state index contributed by atoms with van der Waals surface area (Å²) in [5.74, 6) is -0.963. The normalized spacial score (nSPS) is 13.2. The molecule has 0 N–H and O–H groups in total. The average Bonchev–Trinajstić information content (AvgIpc) is 2.78. The molecule has 0 bridgehead atoms. The first kappa shape index (κ1) is 13.0. The Labute approximate surface area is 120 Å². The molecule has 5 nitrogen and oxygen atoms in total. The van der Waals surface area contributed by atoms with Crippen molar-refractivity contribution in [1.82, 2.24) is 5.06 Å². The van der Waals surface area contributed by atoms with Crippen LogP contribution in [0.3, 0.4) is 0 Å². The third-order valence-corrected chi connectivity index (χ3v) is 3.24. The molecule has 0 aliphatic carbocycles. The third-order valence-electron chi connectivity index (χ3n) is 3.24. The molecule has 0 atom stereocenters. The van der Waals surface area contributed by atoms with Gasteiger partial charge in [0.2, 0.25) is 0 Å². The van der Waals surface area contributed by atoms with Crippen LogP contribution in [0.1, 0.15) is 31.8 Å². The number of fused-ring (bicyclic) bond motifs is 1. The molecular weight excluding hydrogens is 268 g/mol. The van der Waals surface area contributed by atoms with E-state index in [0.29, 0.717) is 22.3 Å². The number of carbonyl (C=O) groups excluding carboxylic acids is 2. The highest BCUT2D eigenvalue weighted by molar-refractivity contribution is 6.20. The lowest BCUT2D eigenvalue weighted by Crippen LogP contribution is -2.29. The SMILES string of the molecule is N#Cc1ccccc1CON1C(=O)c2ccccc2C1=O. The molecule has 0 spiro atoms. The summed E-state index contributed by atoms with van der Waals surface area (Å²) in [6, 6.07) is 15.5. The highest BCUT2D eigenvalue weighted by Gasteiger charge is 2.36. The number of hydrogen-bond donors (Lipinski definition) is 0. The molecular formula is C16H10N2O3. The maximum absolute atomic E-state index is 12.1. The predicted molar refractivity (Wildman–Crippen MR) is 72.9 cm³/mol. The molecule has 0 saturated heterocycles. The lowest BCUT2D eigenvalue weighted by atomic mass is 10.1. The number of rotatable bonds is 3. The minimum absolute atomic E-state index is 0.0186. The molecule has 21 heavy (non-hydrogen) atoms. The van der Waals surface area contributed by atoms with E-state index in [1.807, 2.05) is 6.07 Å². The lowest BCUT2D eigenvalue weighted by Gasteiger charge is -2.13. The van der Waals surface area contributed by atoms with Gasteiger partial charge in [0.25, 0.3) is 11.8 Å². The molecule has 1 heterocycles. The predicted octanol–water partition coefficient (Wildman–Crippen LogP) is 2.29. The van der Waals surface area contributed by atoms with Gasteiger partial charge in [-0.05, 0) is 23.8 Å². The van der Waals surface area contributed by atoms with Gasteiger partial charge in [0.1, 0.15) is 6.61 Å². The molecule has 3 rings (SSSR count). The molecule has 2 aromatic rings. The first-order valence-corrected chi connectivity index (χ1v) is 6.31. The monoisotopic (exact) mass is 278 g/mol. The fourth-order valence-corrected chi connectivity index (χ4v) is 2.17. The van der Waals surface area contributed by atoms with Crippen LogP contribution in [0, 0.1) is 11.3 Å². The van der Waals surface area contributed by atoms with Crippen molar-refractivity contribution in [2.45, 2.75) is 6.61 Å². The van der Waals surface area contributed by atoms with Gasteiger partial charge >= 0.3 is 0 Å². The number of amides is 2. The zero-order valence-corrected chi connectivity index (χ0v) is 10.9. The second kappa shape index (κ2) is 5.19. The van der Waals surface area contributed by atoms with Crippen molar-refractivity contribution in [3.8, 4) is 6.07 Å². The number of hydroxylamine groups is 2. The molecule has 0 saturated carbocycles. The largest absolute Gasteiger partial charge is 0.285 e. The summed E-state index contributed by atoms with van der Waals surface area (Å²) in [7, 11) is 0. The molecule has 0 aromatic heterocycles. The minimum Gasteiger partial charge on any atom is -0.266 e. The van der Waals surface area contributed by atoms with E-state index in [1.165, 1.54) is 0 Å². The van der Waals surface area contributed by atoms with Crippen LogP contribution < -0.4 is 0 Å². The van der Waals surface area contributed by atoms with E-state index in [1.54, 1.807) is 48.5 Å². The van der Waals surface area contributed by atoms with Crippen LogP contribution in [0.4, 0.5) is 0 Å². The Morgan fingerprint density at radius 2 is 1.52 bits per heavy atom. The van der Waals surface area contributed by atoms with Crippen LogP contribution in [0.2, 0.25) is 0 Å². The van der Waals surface area contributed by atoms with E-state index >= 15 is 0 Å². The molecule has 102 valence electrons. The van der Waals surface area contributed by atoms with Crippen LogP contribution in [0.5, 0.6) is 0 Å². The van der Waals surface area contributed by atoms with E-state index in [9.17, 15) is 9.59 Å². The van der Waals surface area contributed by atoms with Crippen LogP contribution in [0.15, 0.2) is 48.5 Å². The average molecular weight is 278 g/mol. The summed E-state index contributed by atoms with van der Waals surface area (Å²) in [4.78, 5) is 29.5. The van der Waals surface area contributed by atoms with Gasteiger partial charge in [0, 0.05) is 0 Å². The van der Waals surface area contributed by atoms with Crippen molar-refractivity contribution in [1.29, 1.82) is 5.26 Å². The smallest absolute Gasteiger partial charge is 0.266 e. The summed E-state index contributed by atoms with van der Waals surface area (Å²) in [5, 5.41) is 9.75. The maximum atomic E-state index is 12.1.